The number of nitrogens with two attached hydrogens (primary N) is 1. The molecular formula is C16H26N2O2. The highest BCUT2D eigenvalue weighted by Gasteiger charge is 2.17. The lowest BCUT2D eigenvalue weighted by Crippen LogP contribution is -2.35. The van der Waals surface area contributed by atoms with Crippen molar-refractivity contribution < 1.29 is 9.53 Å². The second kappa shape index (κ2) is 7.90. The van der Waals surface area contributed by atoms with E-state index < -0.39 is 0 Å². The Bertz CT molecular complexity index is 399. The Balaban J connectivity index is 2.14. The molecule has 0 spiro atoms. The molecule has 1 unspecified atom stereocenters. The fourth-order valence-corrected chi connectivity index (χ4v) is 2.05. The van der Waals surface area contributed by atoms with E-state index in [4.69, 9.17) is 10.5 Å². The molecule has 1 rings (SSSR count). The van der Waals surface area contributed by atoms with Crippen LogP contribution in [0.25, 0.3) is 0 Å². The van der Waals surface area contributed by atoms with Gasteiger partial charge in [0.25, 0.3) is 0 Å². The van der Waals surface area contributed by atoms with Crippen molar-refractivity contribution in [3.8, 4) is 5.75 Å². The molecule has 1 aromatic rings. The highest BCUT2D eigenvalue weighted by Crippen LogP contribution is 2.20. The minimum absolute atomic E-state index is 0.0154. The predicted octanol–water partition coefficient (Wildman–Crippen LogP) is 2.34. The van der Waals surface area contributed by atoms with Crippen molar-refractivity contribution >= 4 is 5.91 Å². The highest BCUT2D eigenvalue weighted by atomic mass is 16.5. The van der Waals surface area contributed by atoms with Crippen LogP contribution in [0.15, 0.2) is 30.3 Å². The summed E-state index contributed by atoms with van der Waals surface area (Å²) in [6.45, 7) is 7.33. The van der Waals surface area contributed by atoms with Gasteiger partial charge in [-0.2, -0.15) is 0 Å². The van der Waals surface area contributed by atoms with Crippen molar-refractivity contribution in [1.82, 2.24) is 5.32 Å². The monoisotopic (exact) mass is 278 g/mol. The third kappa shape index (κ3) is 7.79. The van der Waals surface area contributed by atoms with E-state index in [0.717, 1.165) is 12.2 Å². The van der Waals surface area contributed by atoms with Crippen LogP contribution in [0, 0.1) is 5.41 Å². The van der Waals surface area contributed by atoms with Gasteiger partial charge in [-0.1, -0.05) is 39.0 Å². The van der Waals surface area contributed by atoms with Crippen molar-refractivity contribution in [3.05, 3.63) is 30.3 Å². The number of carbonyl (C=O) groups excluding carboxylic acids is 1. The summed E-state index contributed by atoms with van der Waals surface area (Å²) in [7, 11) is 0. The van der Waals surface area contributed by atoms with Crippen molar-refractivity contribution in [2.45, 2.75) is 39.7 Å². The van der Waals surface area contributed by atoms with Gasteiger partial charge in [0.05, 0.1) is 6.54 Å². The Labute approximate surface area is 121 Å². The molecule has 0 heterocycles. The first-order chi connectivity index (χ1) is 9.37. The number of carbonyl (C=O) groups is 1. The van der Waals surface area contributed by atoms with Gasteiger partial charge in [0, 0.05) is 12.5 Å². The van der Waals surface area contributed by atoms with Gasteiger partial charge in [0.1, 0.15) is 12.4 Å². The normalized spacial score (nSPS) is 12.8. The molecule has 4 heteroatoms. The number of hydrogen-bond acceptors (Lipinski definition) is 3. The average molecular weight is 278 g/mol. The van der Waals surface area contributed by atoms with E-state index in [1.807, 2.05) is 30.3 Å². The molecule has 0 fully saturated rings. The van der Waals surface area contributed by atoms with E-state index in [0.29, 0.717) is 19.6 Å². The number of ether oxygens (including phenoxy) is 1. The summed E-state index contributed by atoms with van der Waals surface area (Å²) < 4.78 is 5.50. The van der Waals surface area contributed by atoms with Gasteiger partial charge in [-0.25, -0.2) is 0 Å². The van der Waals surface area contributed by atoms with Gasteiger partial charge in [-0.05, 0) is 24.0 Å². The minimum atomic E-state index is -0.0926. The fraction of sp³-hybridized carbons (Fsp3) is 0.562. The minimum Gasteiger partial charge on any atom is -0.492 e. The molecule has 0 saturated heterocycles. The Hall–Kier alpha value is -1.55. The van der Waals surface area contributed by atoms with Crippen LogP contribution >= 0.6 is 0 Å². The Morgan fingerprint density at radius 2 is 1.95 bits per heavy atom. The first-order valence-electron chi connectivity index (χ1n) is 7.07. The lowest BCUT2D eigenvalue weighted by Gasteiger charge is -2.22. The van der Waals surface area contributed by atoms with E-state index in [9.17, 15) is 4.79 Å². The maximum Gasteiger partial charge on any atom is 0.221 e. The molecule has 0 radical (unpaired) electrons. The number of nitrogens with one attached hydrogen (secondary N) is 1. The molecular weight excluding hydrogens is 252 g/mol. The third-order valence-corrected chi connectivity index (χ3v) is 2.76. The first-order valence-corrected chi connectivity index (χ1v) is 7.07. The van der Waals surface area contributed by atoms with Crippen molar-refractivity contribution in [3.63, 3.8) is 0 Å². The maximum atomic E-state index is 11.7. The molecule has 0 aromatic heterocycles. The zero-order valence-corrected chi connectivity index (χ0v) is 12.7. The molecule has 20 heavy (non-hydrogen) atoms. The van der Waals surface area contributed by atoms with Crippen LogP contribution in [0.4, 0.5) is 0 Å². The van der Waals surface area contributed by atoms with Crippen LogP contribution in [-0.2, 0) is 4.79 Å². The number of hydrogen-bond donors (Lipinski definition) is 2. The zero-order chi connectivity index (χ0) is 15.0. The summed E-state index contributed by atoms with van der Waals surface area (Å²) in [5, 5.41) is 2.83. The lowest BCUT2D eigenvalue weighted by atomic mass is 9.87. The second-order valence-corrected chi connectivity index (χ2v) is 6.24. The molecule has 1 atom stereocenters. The van der Waals surface area contributed by atoms with Gasteiger partial charge in [0.2, 0.25) is 5.91 Å². The Kier molecular flexibility index (Phi) is 6.52. The number of para-hydroxylation sites is 1. The molecule has 112 valence electrons. The first kappa shape index (κ1) is 16.5. The lowest BCUT2D eigenvalue weighted by molar-refractivity contribution is -0.121. The molecule has 4 nitrogen and oxygen atoms in total. The molecule has 1 amide bonds. The Morgan fingerprint density at radius 3 is 2.55 bits per heavy atom. The topological polar surface area (TPSA) is 64.4 Å². The van der Waals surface area contributed by atoms with Gasteiger partial charge in [-0.3, -0.25) is 4.79 Å². The highest BCUT2D eigenvalue weighted by molar-refractivity contribution is 5.76. The number of rotatable bonds is 7. The van der Waals surface area contributed by atoms with Crippen LogP contribution in [0.3, 0.4) is 0 Å². The largest absolute Gasteiger partial charge is 0.492 e. The molecule has 0 saturated carbocycles. The van der Waals surface area contributed by atoms with Crippen LogP contribution in [0.1, 0.15) is 33.6 Å². The van der Waals surface area contributed by atoms with Crippen molar-refractivity contribution in [1.29, 1.82) is 0 Å². The van der Waals surface area contributed by atoms with Crippen molar-refractivity contribution in [2.24, 2.45) is 11.1 Å². The van der Waals surface area contributed by atoms with Crippen LogP contribution in [0.5, 0.6) is 5.75 Å². The molecule has 0 aliphatic rings. The molecule has 1 aromatic carbocycles. The van der Waals surface area contributed by atoms with Gasteiger partial charge in [0.15, 0.2) is 0 Å². The van der Waals surface area contributed by atoms with Crippen molar-refractivity contribution in [2.75, 3.05) is 13.2 Å². The summed E-state index contributed by atoms with van der Waals surface area (Å²) in [6, 6.07) is 9.46. The standard InChI is InChI=1S/C16H26N2O2/c1-16(2,3)12-13(17)11-15(19)18-9-10-20-14-7-5-4-6-8-14/h4-8,13H,9-12,17H2,1-3H3,(H,18,19). The molecule has 0 bridgehead atoms. The van der Waals surface area contributed by atoms with E-state index in [1.54, 1.807) is 0 Å². The quantitative estimate of drug-likeness (QED) is 0.752. The van der Waals surface area contributed by atoms with Gasteiger partial charge < -0.3 is 15.8 Å². The average Bonchev–Trinajstić information content (AvgIpc) is 2.33. The predicted molar refractivity (Wildman–Crippen MR) is 81.6 cm³/mol. The molecule has 0 aliphatic carbocycles. The molecule has 0 aliphatic heterocycles. The van der Waals surface area contributed by atoms with Crippen LogP contribution in [-0.4, -0.2) is 25.1 Å². The SMILES string of the molecule is CC(C)(C)CC(N)CC(=O)NCCOc1ccccc1. The van der Waals surface area contributed by atoms with Gasteiger partial charge >= 0.3 is 0 Å². The van der Waals surface area contributed by atoms with E-state index >= 15 is 0 Å². The maximum absolute atomic E-state index is 11.7. The fourth-order valence-electron chi connectivity index (χ4n) is 2.05. The van der Waals surface area contributed by atoms with Crippen LogP contribution < -0.4 is 15.8 Å². The molecule has 3 N–H and O–H groups in total. The number of benzene rings is 1. The summed E-state index contributed by atoms with van der Waals surface area (Å²) >= 11 is 0. The smallest absolute Gasteiger partial charge is 0.221 e. The second-order valence-electron chi connectivity index (χ2n) is 6.24. The Morgan fingerprint density at radius 1 is 1.30 bits per heavy atom. The summed E-state index contributed by atoms with van der Waals surface area (Å²) in [5.41, 5.74) is 6.11. The summed E-state index contributed by atoms with van der Waals surface area (Å²) in [5.74, 6) is 0.796. The van der Waals surface area contributed by atoms with Crippen LogP contribution in [0.2, 0.25) is 0 Å². The summed E-state index contributed by atoms with van der Waals surface area (Å²) in [4.78, 5) is 11.7. The summed E-state index contributed by atoms with van der Waals surface area (Å²) in [6.07, 6.45) is 1.20. The van der Waals surface area contributed by atoms with Gasteiger partial charge in [-0.15, -0.1) is 0 Å². The van der Waals surface area contributed by atoms with E-state index in [2.05, 4.69) is 26.1 Å². The zero-order valence-electron chi connectivity index (χ0n) is 12.7. The number of amides is 1. The third-order valence-electron chi connectivity index (χ3n) is 2.76. The van der Waals surface area contributed by atoms with E-state index in [-0.39, 0.29) is 17.4 Å². The van der Waals surface area contributed by atoms with E-state index in [1.165, 1.54) is 0 Å².